The van der Waals surface area contributed by atoms with Crippen molar-refractivity contribution in [3.63, 3.8) is 0 Å². The molecule has 0 saturated carbocycles. The van der Waals surface area contributed by atoms with E-state index >= 15 is 0 Å². The standard InChI is InChI=1S/C20H28N2O/c1-21(2)16-17-22(19-12-7-4-8-13-19)15-9-14-20(23)18-10-5-3-6-11-18/h3-8,10-13,20,23H,9,14-17H2,1-2H3. The molecule has 3 heteroatoms. The number of hydrogen-bond acceptors (Lipinski definition) is 3. The molecule has 2 aromatic rings. The monoisotopic (exact) mass is 312 g/mol. The summed E-state index contributed by atoms with van der Waals surface area (Å²) in [6, 6.07) is 20.4. The highest BCUT2D eigenvalue weighted by Crippen LogP contribution is 2.19. The second-order valence-electron chi connectivity index (χ2n) is 6.19. The van der Waals surface area contributed by atoms with Gasteiger partial charge in [0.1, 0.15) is 0 Å². The van der Waals surface area contributed by atoms with Crippen LogP contribution >= 0.6 is 0 Å². The summed E-state index contributed by atoms with van der Waals surface area (Å²) in [4.78, 5) is 4.60. The highest BCUT2D eigenvalue weighted by molar-refractivity contribution is 5.45. The van der Waals surface area contributed by atoms with Crippen molar-refractivity contribution in [3.8, 4) is 0 Å². The van der Waals surface area contributed by atoms with E-state index in [0.717, 1.165) is 38.0 Å². The minimum absolute atomic E-state index is 0.373. The number of rotatable bonds is 9. The third-order valence-corrected chi connectivity index (χ3v) is 4.03. The maximum Gasteiger partial charge on any atom is 0.0790 e. The number of aliphatic hydroxyl groups excluding tert-OH is 1. The van der Waals surface area contributed by atoms with Crippen LogP contribution in [0.2, 0.25) is 0 Å². The molecule has 23 heavy (non-hydrogen) atoms. The average Bonchev–Trinajstić information content (AvgIpc) is 2.59. The fourth-order valence-electron chi connectivity index (χ4n) is 2.65. The molecule has 0 radical (unpaired) electrons. The van der Waals surface area contributed by atoms with Gasteiger partial charge in [-0.05, 0) is 44.6 Å². The zero-order valence-corrected chi connectivity index (χ0v) is 14.2. The van der Waals surface area contributed by atoms with Crippen LogP contribution in [0.1, 0.15) is 24.5 Å². The van der Waals surface area contributed by atoms with Crippen molar-refractivity contribution in [1.82, 2.24) is 4.90 Å². The predicted molar refractivity (Wildman–Crippen MR) is 97.8 cm³/mol. The van der Waals surface area contributed by atoms with Crippen LogP contribution in [0.5, 0.6) is 0 Å². The van der Waals surface area contributed by atoms with Crippen LogP contribution < -0.4 is 4.90 Å². The summed E-state index contributed by atoms with van der Waals surface area (Å²) < 4.78 is 0. The van der Waals surface area contributed by atoms with Gasteiger partial charge in [0.15, 0.2) is 0 Å². The third-order valence-electron chi connectivity index (χ3n) is 4.03. The van der Waals surface area contributed by atoms with Crippen molar-refractivity contribution >= 4 is 5.69 Å². The van der Waals surface area contributed by atoms with Crippen molar-refractivity contribution in [2.75, 3.05) is 38.6 Å². The molecular weight excluding hydrogens is 284 g/mol. The first-order chi connectivity index (χ1) is 11.2. The number of nitrogens with zero attached hydrogens (tertiary/aromatic N) is 2. The highest BCUT2D eigenvalue weighted by Gasteiger charge is 2.10. The van der Waals surface area contributed by atoms with Crippen LogP contribution in [0.4, 0.5) is 5.69 Å². The second kappa shape index (κ2) is 9.33. The van der Waals surface area contributed by atoms with Gasteiger partial charge in [-0.25, -0.2) is 0 Å². The zero-order chi connectivity index (χ0) is 16.5. The first-order valence-electron chi connectivity index (χ1n) is 8.34. The lowest BCUT2D eigenvalue weighted by Crippen LogP contribution is -2.32. The van der Waals surface area contributed by atoms with E-state index in [1.54, 1.807) is 0 Å². The van der Waals surface area contributed by atoms with Crippen molar-refractivity contribution < 1.29 is 5.11 Å². The van der Waals surface area contributed by atoms with E-state index in [1.807, 2.05) is 36.4 Å². The quantitative estimate of drug-likeness (QED) is 0.767. The fraction of sp³-hybridized carbons (Fsp3) is 0.400. The Hall–Kier alpha value is -1.84. The second-order valence-corrected chi connectivity index (χ2v) is 6.19. The molecule has 2 rings (SSSR count). The van der Waals surface area contributed by atoms with Gasteiger partial charge in [0.2, 0.25) is 0 Å². The summed E-state index contributed by atoms with van der Waals surface area (Å²) in [6.45, 7) is 2.98. The summed E-state index contributed by atoms with van der Waals surface area (Å²) in [5, 5.41) is 10.3. The van der Waals surface area contributed by atoms with E-state index in [9.17, 15) is 5.11 Å². The van der Waals surface area contributed by atoms with Crippen LogP contribution in [-0.4, -0.2) is 43.7 Å². The normalized spacial score (nSPS) is 12.3. The summed E-state index contributed by atoms with van der Waals surface area (Å²) in [5.41, 5.74) is 2.26. The van der Waals surface area contributed by atoms with Gasteiger partial charge < -0.3 is 14.9 Å². The molecule has 0 bridgehead atoms. The molecule has 0 aliphatic carbocycles. The van der Waals surface area contributed by atoms with Crippen LogP contribution in [-0.2, 0) is 0 Å². The van der Waals surface area contributed by atoms with Crippen LogP contribution in [0.25, 0.3) is 0 Å². The lowest BCUT2D eigenvalue weighted by molar-refractivity contribution is 0.165. The largest absolute Gasteiger partial charge is 0.388 e. The summed E-state index contributed by atoms with van der Waals surface area (Å²) in [7, 11) is 4.20. The smallest absolute Gasteiger partial charge is 0.0790 e. The molecule has 0 heterocycles. The lowest BCUT2D eigenvalue weighted by atomic mass is 10.0. The predicted octanol–water partition coefficient (Wildman–Crippen LogP) is 3.57. The molecule has 0 fully saturated rings. The maximum absolute atomic E-state index is 10.3. The average molecular weight is 312 g/mol. The Labute approximate surface area is 140 Å². The zero-order valence-electron chi connectivity index (χ0n) is 14.2. The third kappa shape index (κ3) is 6.05. The lowest BCUT2D eigenvalue weighted by Gasteiger charge is -2.27. The molecule has 0 saturated heterocycles. The minimum atomic E-state index is -0.373. The molecule has 124 valence electrons. The Morgan fingerprint density at radius 1 is 0.826 bits per heavy atom. The van der Waals surface area contributed by atoms with Crippen LogP contribution in [0.15, 0.2) is 60.7 Å². The van der Waals surface area contributed by atoms with Gasteiger partial charge in [0.05, 0.1) is 6.10 Å². The Bertz CT molecular complexity index is 542. The van der Waals surface area contributed by atoms with Gasteiger partial charge in [-0.2, -0.15) is 0 Å². The molecule has 1 unspecified atom stereocenters. The summed E-state index contributed by atoms with van der Waals surface area (Å²) in [5.74, 6) is 0. The van der Waals surface area contributed by atoms with Gasteiger partial charge >= 0.3 is 0 Å². The molecule has 0 aromatic heterocycles. The molecule has 3 nitrogen and oxygen atoms in total. The molecular formula is C20H28N2O. The Morgan fingerprint density at radius 3 is 2.04 bits per heavy atom. The number of likely N-dealkylation sites (N-methyl/N-ethyl adjacent to an activating group) is 1. The van der Waals surface area contributed by atoms with E-state index in [2.05, 4.69) is 48.2 Å². The molecule has 0 amide bonds. The molecule has 0 spiro atoms. The van der Waals surface area contributed by atoms with Gasteiger partial charge in [-0.3, -0.25) is 0 Å². The van der Waals surface area contributed by atoms with Gasteiger partial charge in [-0.15, -0.1) is 0 Å². The SMILES string of the molecule is CN(C)CCN(CCCC(O)c1ccccc1)c1ccccc1. The Balaban J connectivity index is 1.88. The number of aliphatic hydroxyl groups is 1. The van der Waals surface area contributed by atoms with E-state index in [-0.39, 0.29) is 6.10 Å². The minimum Gasteiger partial charge on any atom is -0.388 e. The number of para-hydroxylation sites is 1. The van der Waals surface area contributed by atoms with E-state index in [0.29, 0.717) is 0 Å². The van der Waals surface area contributed by atoms with Crippen molar-refractivity contribution in [2.45, 2.75) is 18.9 Å². The van der Waals surface area contributed by atoms with Crippen LogP contribution in [0, 0.1) is 0 Å². The molecule has 1 atom stereocenters. The van der Waals surface area contributed by atoms with Crippen molar-refractivity contribution in [2.24, 2.45) is 0 Å². The summed E-state index contributed by atoms with van der Waals surface area (Å²) in [6.07, 6.45) is 1.39. The molecule has 2 aromatic carbocycles. The summed E-state index contributed by atoms with van der Waals surface area (Å²) >= 11 is 0. The van der Waals surface area contributed by atoms with Crippen molar-refractivity contribution in [1.29, 1.82) is 0 Å². The molecule has 1 N–H and O–H groups in total. The van der Waals surface area contributed by atoms with E-state index in [4.69, 9.17) is 0 Å². The maximum atomic E-state index is 10.3. The van der Waals surface area contributed by atoms with Crippen LogP contribution in [0.3, 0.4) is 0 Å². The number of benzene rings is 2. The molecule has 0 aliphatic heterocycles. The first kappa shape index (κ1) is 17.5. The fourth-order valence-corrected chi connectivity index (χ4v) is 2.65. The van der Waals surface area contributed by atoms with Gasteiger partial charge in [-0.1, -0.05) is 48.5 Å². The first-order valence-corrected chi connectivity index (χ1v) is 8.34. The van der Waals surface area contributed by atoms with E-state index in [1.165, 1.54) is 5.69 Å². The van der Waals surface area contributed by atoms with E-state index < -0.39 is 0 Å². The molecule has 0 aliphatic rings. The number of anilines is 1. The number of hydrogen-bond donors (Lipinski definition) is 1. The van der Waals surface area contributed by atoms with Gasteiger partial charge in [0, 0.05) is 25.3 Å². The topological polar surface area (TPSA) is 26.7 Å². The Kier molecular flexibility index (Phi) is 7.11. The van der Waals surface area contributed by atoms with Gasteiger partial charge in [0.25, 0.3) is 0 Å². The Morgan fingerprint density at radius 2 is 1.43 bits per heavy atom. The highest BCUT2D eigenvalue weighted by atomic mass is 16.3. The van der Waals surface area contributed by atoms with Crippen molar-refractivity contribution in [3.05, 3.63) is 66.2 Å².